The predicted molar refractivity (Wildman–Crippen MR) is 77.4 cm³/mol. The van der Waals surface area contributed by atoms with Crippen LogP contribution in [-0.4, -0.2) is 36.1 Å². The van der Waals surface area contributed by atoms with Gasteiger partial charge in [0.25, 0.3) is 0 Å². The van der Waals surface area contributed by atoms with Crippen molar-refractivity contribution < 1.29 is 4.42 Å². The minimum Gasteiger partial charge on any atom is -0.464 e. The highest BCUT2D eigenvalue weighted by atomic mass is 16.3. The molecular formula is C15H21N3O. The number of anilines is 1. The summed E-state index contributed by atoms with van der Waals surface area (Å²) in [7, 11) is 2.23. The Morgan fingerprint density at radius 1 is 1.37 bits per heavy atom. The molecule has 102 valence electrons. The lowest BCUT2D eigenvalue weighted by Crippen LogP contribution is -2.33. The number of furan rings is 1. The molecular weight excluding hydrogens is 238 g/mol. The van der Waals surface area contributed by atoms with Gasteiger partial charge in [-0.1, -0.05) is 12.8 Å². The average Bonchev–Trinajstić information content (AvgIpc) is 3.10. The molecule has 0 aliphatic heterocycles. The molecule has 0 amide bonds. The molecule has 0 radical (unpaired) electrons. The molecule has 19 heavy (non-hydrogen) atoms. The summed E-state index contributed by atoms with van der Waals surface area (Å²) in [4.78, 5) is 6.85. The van der Waals surface area contributed by atoms with Gasteiger partial charge in [-0.25, -0.2) is 4.98 Å². The first-order valence-electron chi connectivity index (χ1n) is 7.11. The number of aromatic nitrogens is 1. The normalized spacial score (nSPS) is 16.5. The van der Waals surface area contributed by atoms with Gasteiger partial charge in [0.2, 0.25) is 0 Å². The van der Waals surface area contributed by atoms with Gasteiger partial charge in [-0.3, -0.25) is 0 Å². The maximum atomic E-state index is 5.38. The highest BCUT2D eigenvalue weighted by molar-refractivity contribution is 5.87. The number of likely N-dealkylation sites (N-methyl/N-ethyl adjacent to an activating group) is 1. The van der Waals surface area contributed by atoms with Crippen molar-refractivity contribution in [3.63, 3.8) is 0 Å². The van der Waals surface area contributed by atoms with Crippen molar-refractivity contribution in [2.75, 3.05) is 25.5 Å². The molecule has 0 aromatic carbocycles. The van der Waals surface area contributed by atoms with Gasteiger partial charge in [-0.2, -0.15) is 0 Å². The molecule has 1 saturated carbocycles. The lowest BCUT2D eigenvalue weighted by atomic mass is 10.2. The summed E-state index contributed by atoms with van der Waals surface area (Å²) < 4.78 is 5.38. The van der Waals surface area contributed by atoms with Crippen molar-refractivity contribution in [3.05, 3.63) is 24.6 Å². The summed E-state index contributed by atoms with van der Waals surface area (Å²) in [6.45, 7) is 1.98. The van der Waals surface area contributed by atoms with Gasteiger partial charge in [-0.15, -0.1) is 0 Å². The van der Waals surface area contributed by atoms with Gasteiger partial charge in [0, 0.05) is 25.3 Å². The van der Waals surface area contributed by atoms with E-state index in [9.17, 15) is 0 Å². The second-order valence-electron chi connectivity index (χ2n) is 5.34. The van der Waals surface area contributed by atoms with Gasteiger partial charge in [-0.05, 0) is 32.0 Å². The molecule has 2 aromatic rings. The Labute approximate surface area is 113 Å². The van der Waals surface area contributed by atoms with E-state index in [0.717, 1.165) is 35.9 Å². The fourth-order valence-electron chi connectivity index (χ4n) is 2.91. The predicted octanol–water partition coefficient (Wildman–Crippen LogP) is 3.11. The van der Waals surface area contributed by atoms with Crippen LogP contribution in [0.25, 0.3) is 11.0 Å². The molecule has 2 heterocycles. The number of rotatable bonds is 5. The largest absolute Gasteiger partial charge is 0.464 e. The van der Waals surface area contributed by atoms with Crippen molar-refractivity contribution in [3.8, 4) is 0 Å². The molecule has 4 nitrogen and oxygen atoms in total. The standard InChI is InChI=1S/C15H21N3O/c1-18(12-4-2-3-5-12)10-9-17-15-13-7-11-19-14(13)6-8-16-15/h6-8,11-12H,2-5,9-10H2,1H3,(H,16,17). The fourth-order valence-corrected chi connectivity index (χ4v) is 2.91. The third-order valence-corrected chi connectivity index (χ3v) is 4.08. The Hall–Kier alpha value is -1.55. The van der Waals surface area contributed by atoms with Crippen molar-refractivity contribution in [1.82, 2.24) is 9.88 Å². The monoisotopic (exact) mass is 259 g/mol. The van der Waals surface area contributed by atoms with Crippen LogP contribution >= 0.6 is 0 Å². The quantitative estimate of drug-likeness (QED) is 0.895. The SMILES string of the molecule is CN(CCNc1nccc2occc12)C1CCCC1. The zero-order valence-corrected chi connectivity index (χ0v) is 11.4. The van der Waals surface area contributed by atoms with Crippen molar-refractivity contribution in [2.24, 2.45) is 0 Å². The van der Waals surface area contributed by atoms with Gasteiger partial charge < -0.3 is 14.6 Å². The van der Waals surface area contributed by atoms with Crippen molar-refractivity contribution >= 4 is 16.8 Å². The van der Waals surface area contributed by atoms with Crippen LogP contribution in [0.1, 0.15) is 25.7 Å². The van der Waals surface area contributed by atoms with Gasteiger partial charge >= 0.3 is 0 Å². The van der Waals surface area contributed by atoms with E-state index in [4.69, 9.17) is 4.42 Å². The Morgan fingerprint density at radius 3 is 3.05 bits per heavy atom. The van der Waals surface area contributed by atoms with Crippen LogP contribution in [0.5, 0.6) is 0 Å². The molecule has 1 aliphatic rings. The molecule has 2 aromatic heterocycles. The molecule has 1 aliphatic carbocycles. The zero-order valence-electron chi connectivity index (χ0n) is 11.4. The fraction of sp³-hybridized carbons (Fsp3) is 0.533. The van der Waals surface area contributed by atoms with E-state index in [0.29, 0.717) is 0 Å². The van der Waals surface area contributed by atoms with Crippen LogP contribution in [0.15, 0.2) is 29.0 Å². The topological polar surface area (TPSA) is 41.3 Å². The lowest BCUT2D eigenvalue weighted by Gasteiger charge is -2.24. The Bertz CT molecular complexity index is 531. The molecule has 0 atom stereocenters. The molecule has 3 rings (SSSR count). The zero-order chi connectivity index (χ0) is 13.1. The number of fused-ring (bicyclic) bond motifs is 1. The highest BCUT2D eigenvalue weighted by Crippen LogP contribution is 2.23. The highest BCUT2D eigenvalue weighted by Gasteiger charge is 2.18. The van der Waals surface area contributed by atoms with Crippen molar-refractivity contribution in [2.45, 2.75) is 31.7 Å². The van der Waals surface area contributed by atoms with E-state index in [1.165, 1.54) is 25.7 Å². The van der Waals surface area contributed by atoms with Gasteiger partial charge in [0.1, 0.15) is 11.4 Å². The van der Waals surface area contributed by atoms with Crippen LogP contribution in [0.3, 0.4) is 0 Å². The number of nitrogens with zero attached hydrogens (tertiary/aromatic N) is 2. The Kier molecular flexibility index (Phi) is 3.69. The third-order valence-electron chi connectivity index (χ3n) is 4.08. The summed E-state index contributed by atoms with van der Waals surface area (Å²) in [5, 5.41) is 4.48. The molecule has 1 N–H and O–H groups in total. The van der Waals surface area contributed by atoms with Crippen molar-refractivity contribution in [1.29, 1.82) is 0 Å². The summed E-state index contributed by atoms with van der Waals surface area (Å²) in [5.74, 6) is 0.922. The number of hydrogen-bond acceptors (Lipinski definition) is 4. The maximum Gasteiger partial charge on any atom is 0.139 e. The first kappa shape index (κ1) is 12.5. The lowest BCUT2D eigenvalue weighted by molar-refractivity contribution is 0.254. The summed E-state index contributed by atoms with van der Waals surface area (Å²) in [5.41, 5.74) is 0.890. The van der Waals surface area contributed by atoms with Gasteiger partial charge in [0.15, 0.2) is 0 Å². The van der Waals surface area contributed by atoms with Crippen LogP contribution in [0.4, 0.5) is 5.82 Å². The van der Waals surface area contributed by atoms with E-state index in [1.807, 2.05) is 12.1 Å². The third kappa shape index (κ3) is 2.73. The Morgan fingerprint density at radius 2 is 2.21 bits per heavy atom. The minimum absolute atomic E-state index is 0.777. The van der Waals surface area contributed by atoms with Gasteiger partial charge in [0.05, 0.1) is 11.6 Å². The number of hydrogen-bond donors (Lipinski definition) is 1. The molecule has 0 bridgehead atoms. The second-order valence-corrected chi connectivity index (χ2v) is 5.34. The smallest absolute Gasteiger partial charge is 0.139 e. The average molecular weight is 259 g/mol. The van der Waals surface area contributed by atoms with E-state index in [2.05, 4.69) is 22.2 Å². The maximum absolute atomic E-state index is 5.38. The molecule has 0 spiro atoms. The van der Waals surface area contributed by atoms with E-state index < -0.39 is 0 Å². The molecule has 4 heteroatoms. The first-order chi connectivity index (χ1) is 9.34. The Balaban J connectivity index is 1.55. The number of nitrogens with one attached hydrogen (secondary N) is 1. The molecule has 0 saturated heterocycles. The van der Waals surface area contributed by atoms with E-state index >= 15 is 0 Å². The minimum atomic E-state index is 0.777. The van der Waals surface area contributed by atoms with E-state index in [1.54, 1.807) is 12.5 Å². The number of pyridine rings is 1. The second kappa shape index (κ2) is 5.61. The van der Waals surface area contributed by atoms with Crippen LogP contribution in [-0.2, 0) is 0 Å². The van der Waals surface area contributed by atoms with Crippen LogP contribution in [0, 0.1) is 0 Å². The summed E-state index contributed by atoms with van der Waals surface area (Å²) in [6.07, 6.45) is 8.98. The van der Waals surface area contributed by atoms with Crippen LogP contribution < -0.4 is 5.32 Å². The molecule has 1 fully saturated rings. The first-order valence-corrected chi connectivity index (χ1v) is 7.11. The summed E-state index contributed by atoms with van der Waals surface area (Å²) >= 11 is 0. The van der Waals surface area contributed by atoms with E-state index in [-0.39, 0.29) is 0 Å². The summed E-state index contributed by atoms with van der Waals surface area (Å²) in [6, 6.07) is 4.63. The molecule has 0 unspecified atom stereocenters. The van der Waals surface area contributed by atoms with Crippen LogP contribution in [0.2, 0.25) is 0 Å².